The number of hydrogen-bond donors (Lipinski definition) is 2. The molecule has 1 amide bonds. The monoisotopic (exact) mass is 565 g/mol. The first-order valence-corrected chi connectivity index (χ1v) is 12.4. The van der Waals surface area contributed by atoms with Gasteiger partial charge in [0.15, 0.2) is 17.6 Å². The molecule has 182 valence electrons. The average Bonchev–Trinajstić information content (AvgIpc) is 3.32. The van der Waals surface area contributed by atoms with E-state index in [9.17, 15) is 9.59 Å². The van der Waals surface area contributed by atoms with Crippen molar-refractivity contribution in [2.75, 3.05) is 12.4 Å². The highest BCUT2D eigenvalue weighted by Gasteiger charge is 2.17. The Morgan fingerprint density at radius 1 is 1.03 bits per heavy atom. The number of benzene rings is 3. The van der Waals surface area contributed by atoms with E-state index in [4.69, 9.17) is 9.84 Å². The van der Waals surface area contributed by atoms with Crippen molar-refractivity contribution < 1.29 is 19.4 Å². The molecule has 1 heterocycles. The Kier molecular flexibility index (Phi) is 8.48. The number of amides is 1. The minimum atomic E-state index is -1.08. The maximum atomic E-state index is 12.5. The van der Waals surface area contributed by atoms with Gasteiger partial charge in [0, 0.05) is 21.3 Å². The van der Waals surface area contributed by atoms with E-state index >= 15 is 0 Å². The molecule has 0 unspecified atom stereocenters. The van der Waals surface area contributed by atoms with E-state index in [1.54, 1.807) is 24.3 Å². The van der Waals surface area contributed by atoms with Gasteiger partial charge in [-0.3, -0.25) is 9.36 Å². The highest BCUT2D eigenvalue weighted by molar-refractivity contribution is 9.10. The zero-order valence-corrected chi connectivity index (χ0v) is 21.1. The summed E-state index contributed by atoms with van der Waals surface area (Å²) in [5.41, 5.74) is 4.77. The summed E-state index contributed by atoms with van der Waals surface area (Å²) < 4.78 is 8.08. The number of para-hydroxylation sites is 1. The molecule has 11 heteroatoms. The number of nitrogens with zero attached hydrogens (tertiary/aromatic N) is 4. The van der Waals surface area contributed by atoms with Crippen LogP contribution in [0.15, 0.2) is 93.6 Å². The van der Waals surface area contributed by atoms with Gasteiger partial charge in [0.05, 0.1) is 12.0 Å². The number of nitrogens with one attached hydrogen (secondary N) is 1. The maximum absolute atomic E-state index is 12.5. The van der Waals surface area contributed by atoms with Gasteiger partial charge in [-0.15, -0.1) is 10.2 Å². The smallest absolute Gasteiger partial charge is 0.341 e. The van der Waals surface area contributed by atoms with Gasteiger partial charge in [-0.05, 0) is 36.4 Å². The molecule has 0 aliphatic heterocycles. The van der Waals surface area contributed by atoms with Gasteiger partial charge in [0.25, 0.3) is 5.91 Å². The van der Waals surface area contributed by atoms with Crippen LogP contribution in [0.5, 0.6) is 5.75 Å². The van der Waals surface area contributed by atoms with Crippen LogP contribution in [-0.2, 0) is 9.59 Å². The van der Waals surface area contributed by atoms with Crippen LogP contribution in [0.1, 0.15) is 5.56 Å². The molecule has 0 fully saturated rings. The molecule has 1 aromatic heterocycles. The summed E-state index contributed by atoms with van der Waals surface area (Å²) in [4.78, 5) is 23.2. The third-order valence-electron chi connectivity index (χ3n) is 4.75. The van der Waals surface area contributed by atoms with Crippen LogP contribution in [0.25, 0.3) is 17.1 Å². The summed E-state index contributed by atoms with van der Waals surface area (Å²) in [5, 5.41) is 22.0. The molecule has 0 saturated carbocycles. The average molecular weight is 566 g/mol. The zero-order valence-electron chi connectivity index (χ0n) is 18.7. The highest BCUT2D eigenvalue weighted by Crippen LogP contribution is 2.28. The fourth-order valence-corrected chi connectivity index (χ4v) is 4.16. The van der Waals surface area contributed by atoms with Gasteiger partial charge >= 0.3 is 5.97 Å². The Labute approximate surface area is 219 Å². The van der Waals surface area contributed by atoms with Crippen molar-refractivity contribution in [3.05, 3.63) is 88.9 Å². The number of hydrogen-bond acceptors (Lipinski definition) is 7. The van der Waals surface area contributed by atoms with Crippen molar-refractivity contribution in [2.45, 2.75) is 5.16 Å². The summed E-state index contributed by atoms with van der Waals surface area (Å²) in [6.07, 6.45) is 1.40. The highest BCUT2D eigenvalue weighted by atomic mass is 79.9. The van der Waals surface area contributed by atoms with Gasteiger partial charge in [0.2, 0.25) is 0 Å². The predicted molar refractivity (Wildman–Crippen MR) is 141 cm³/mol. The van der Waals surface area contributed by atoms with Crippen molar-refractivity contribution in [1.82, 2.24) is 20.2 Å². The number of aromatic nitrogens is 3. The second-order valence-electron chi connectivity index (χ2n) is 7.29. The molecule has 3 aromatic carbocycles. The van der Waals surface area contributed by atoms with Crippen molar-refractivity contribution in [3.63, 3.8) is 0 Å². The molecule has 0 aliphatic rings. The van der Waals surface area contributed by atoms with E-state index in [0.717, 1.165) is 15.7 Å². The predicted octanol–water partition coefficient (Wildman–Crippen LogP) is 4.40. The van der Waals surface area contributed by atoms with E-state index in [0.29, 0.717) is 22.3 Å². The second-order valence-corrected chi connectivity index (χ2v) is 9.14. The van der Waals surface area contributed by atoms with Crippen LogP contribution < -0.4 is 10.2 Å². The number of rotatable bonds is 10. The summed E-state index contributed by atoms with van der Waals surface area (Å²) in [6.45, 7) is -0.474. The number of carbonyl (C=O) groups excluding carboxylic acids is 1. The van der Waals surface area contributed by atoms with E-state index < -0.39 is 12.6 Å². The number of carbonyl (C=O) groups is 2. The lowest BCUT2D eigenvalue weighted by Crippen LogP contribution is -2.20. The molecule has 0 radical (unpaired) electrons. The van der Waals surface area contributed by atoms with Crippen LogP contribution in [0.3, 0.4) is 0 Å². The molecule has 0 spiro atoms. The van der Waals surface area contributed by atoms with Crippen LogP contribution in [0, 0.1) is 0 Å². The fourth-order valence-electron chi connectivity index (χ4n) is 3.15. The fraction of sp³-hybridized carbons (Fsp3) is 0.0800. The normalized spacial score (nSPS) is 10.9. The molecule has 0 atom stereocenters. The number of carboxylic acid groups (broad SMARTS) is 1. The molecule has 0 bridgehead atoms. The van der Waals surface area contributed by atoms with E-state index in [1.165, 1.54) is 18.0 Å². The maximum Gasteiger partial charge on any atom is 0.341 e. The zero-order chi connectivity index (χ0) is 25.3. The topological polar surface area (TPSA) is 119 Å². The Morgan fingerprint density at radius 2 is 1.75 bits per heavy atom. The summed E-state index contributed by atoms with van der Waals surface area (Å²) in [5.74, 6) is -0.358. The molecule has 4 rings (SSSR count). The minimum absolute atomic E-state index is 0.0535. The molecule has 0 aliphatic carbocycles. The number of thioether (sulfide) groups is 1. The van der Waals surface area contributed by atoms with Crippen LogP contribution in [-0.4, -0.2) is 50.3 Å². The SMILES string of the molecule is O=C(O)COc1ccccc1/C=N\NC(=O)CSc1nnc(-c2ccccc2)n1-c1ccc(Br)cc1. The summed E-state index contributed by atoms with van der Waals surface area (Å²) in [6, 6.07) is 24.2. The lowest BCUT2D eigenvalue weighted by molar-refractivity contribution is -0.139. The summed E-state index contributed by atoms with van der Waals surface area (Å²) in [7, 11) is 0. The Hall–Kier alpha value is -3.96. The number of ether oxygens (including phenoxy) is 1. The molecule has 9 nitrogen and oxygen atoms in total. The van der Waals surface area contributed by atoms with Gasteiger partial charge in [-0.1, -0.05) is 70.2 Å². The minimum Gasteiger partial charge on any atom is -0.481 e. The Bertz CT molecular complexity index is 1380. The first-order chi connectivity index (χ1) is 17.5. The number of halogens is 1. The quantitative estimate of drug-likeness (QED) is 0.166. The second kappa shape index (κ2) is 12.1. The number of carboxylic acids is 1. The van der Waals surface area contributed by atoms with Crippen molar-refractivity contribution >= 4 is 45.8 Å². The van der Waals surface area contributed by atoms with Crippen molar-refractivity contribution in [2.24, 2.45) is 5.10 Å². The van der Waals surface area contributed by atoms with E-state index in [1.807, 2.05) is 59.2 Å². The van der Waals surface area contributed by atoms with E-state index in [-0.39, 0.29) is 11.7 Å². The number of aliphatic carboxylic acids is 1. The van der Waals surface area contributed by atoms with E-state index in [2.05, 4.69) is 36.7 Å². The van der Waals surface area contributed by atoms with Crippen molar-refractivity contribution in [1.29, 1.82) is 0 Å². The molecule has 36 heavy (non-hydrogen) atoms. The third-order valence-corrected chi connectivity index (χ3v) is 6.20. The van der Waals surface area contributed by atoms with Crippen molar-refractivity contribution in [3.8, 4) is 22.8 Å². The first kappa shape index (κ1) is 25.1. The first-order valence-electron chi connectivity index (χ1n) is 10.7. The Balaban J connectivity index is 1.45. The molecular weight excluding hydrogens is 546 g/mol. The van der Waals surface area contributed by atoms with Gasteiger partial charge in [-0.2, -0.15) is 5.10 Å². The molecular formula is C25H20BrN5O4S. The standard InChI is InChI=1S/C25H20BrN5O4S/c26-19-10-12-20(13-11-19)31-24(17-6-2-1-3-7-17)29-30-25(31)36-16-22(32)28-27-14-18-8-4-5-9-21(18)35-15-23(33)34/h1-14H,15-16H2,(H,28,32)(H,33,34)/b27-14-. The third kappa shape index (κ3) is 6.58. The van der Waals surface area contributed by atoms with Gasteiger partial charge in [0.1, 0.15) is 5.75 Å². The molecule has 4 aromatic rings. The molecule has 0 saturated heterocycles. The largest absolute Gasteiger partial charge is 0.481 e. The lowest BCUT2D eigenvalue weighted by Gasteiger charge is -2.10. The number of hydrazone groups is 1. The lowest BCUT2D eigenvalue weighted by atomic mass is 10.2. The van der Waals surface area contributed by atoms with Crippen LogP contribution in [0.2, 0.25) is 0 Å². The van der Waals surface area contributed by atoms with Gasteiger partial charge in [-0.25, -0.2) is 10.2 Å². The summed E-state index contributed by atoms with van der Waals surface area (Å²) >= 11 is 4.69. The van der Waals surface area contributed by atoms with Crippen LogP contribution in [0.4, 0.5) is 0 Å². The van der Waals surface area contributed by atoms with Gasteiger partial charge < -0.3 is 9.84 Å². The van der Waals surface area contributed by atoms with Crippen LogP contribution >= 0.6 is 27.7 Å². The molecule has 2 N–H and O–H groups in total. The Morgan fingerprint density at radius 3 is 2.50 bits per heavy atom.